The van der Waals surface area contributed by atoms with E-state index >= 15 is 0 Å². The maximum atomic E-state index is 13.4. The van der Waals surface area contributed by atoms with Crippen LogP contribution in [0.5, 0.6) is 5.75 Å². The SMILES string of the molecule is CC[C@H]1Oc2cc(S(=O)(=O)N3CCC[C@@H](C(=O)NC(C)(C)C)C3)c(C)cc2NC1=O. The molecule has 3 rings (SSSR count). The lowest BCUT2D eigenvalue weighted by molar-refractivity contribution is -0.127. The summed E-state index contributed by atoms with van der Waals surface area (Å²) in [4.78, 5) is 24.8. The number of hydrogen-bond donors (Lipinski definition) is 2. The van der Waals surface area contributed by atoms with Gasteiger partial charge in [0.05, 0.1) is 16.5 Å². The Bertz CT molecular complexity index is 952. The third kappa shape index (κ3) is 4.62. The monoisotopic (exact) mass is 437 g/mol. The average Bonchev–Trinajstić information content (AvgIpc) is 2.65. The number of benzene rings is 1. The molecular formula is C21H31N3O5S. The number of ether oxygens (including phenoxy) is 1. The van der Waals surface area contributed by atoms with Crippen molar-refractivity contribution in [3.63, 3.8) is 0 Å². The molecule has 1 aromatic carbocycles. The summed E-state index contributed by atoms with van der Waals surface area (Å²) in [7, 11) is -3.81. The van der Waals surface area contributed by atoms with Gasteiger partial charge in [0, 0.05) is 24.7 Å². The Hall–Kier alpha value is -2.13. The molecule has 0 spiro atoms. The van der Waals surface area contributed by atoms with Crippen molar-refractivity contribution >= 4 is 27.5 Å². The summed E-state index contributed by atoms with van der Waals surface area (Å²) in [5.41, 5.74) is 0.626. The molecule has 0 radical (unpaired) electrons. The Balaban J connectivity index is 1.86. The lowest BCUT2D eigenvalue weighted by Gasteiger charge is -2.33. The molecule has 1 fully saturated rings. The number of hydrogen-bond acceptors (Lipinski definition) is 5. The van der Waals surface area contributed by atoms with Crippen molar-refractivity contribution in [3.8, 4) is 5.75 Å². The molecule has 2 heterocycles. The number of amides is 2. The number of carbonyl (C=O) groups is 2. The fourth-order valence-electron chi connectivity index (χ4n) is 3.82. The number of nitrogens with zero attached hydrogens (tertiary/aromatic N) is 1. The van der Waals surface area contributed by atoms with Gasteiger partial charge in [-0.2, -0.15) is 4.31 Å². The summed E-state index contributed by atoms with van der Waals surface area (Å²) in [5, 5.41) is 5.73. The smallest absolute Gasteiger partial charge is 0.265 e. The van der Waals surface area contributed by atoms with Crippen molar-refractivity contribution in [1.82, 2.24) is 9.62 Å². The first-order chi connectivity index (χ1) is 13.9. The van der Waals surface area contributed by atoms with Crippen molar-refractivity contribution in [2.24, 2.45) is 5.92 Å². The minimum absolute atomic E-state index is 0.124. The topological polar surface area (TPSA) is 105 Å². The van der Waals surface area contributed by atoms with E-state index in [1.54, 1.807) is 13.0 Å². The van der Waals surface area contributed by atoms with Gasteiger partial charge in [0.15, 0.2) is 6.10 Å². The molecule has 0 unspecified atom stereocenters. The number of nitrogens with one attached hydrogen (secondary N) is 2. The van der Waals surface area contributed by atoms with Crippen LogP contribution in [0.25, 0.3) is 0 Å². The number of fused-ring (bicyclic) bond motifs is 1. The first-order valence-corrected chi connectivity index (χ1v) is 11.8. The zero-order valence-corrected chi connectivity index (χ0v) is 19.1. The molecule has 8 nitrogen and oxygen atoms in total. The van der Waals surface area contributed by atoms with Gasteiger partial charge in [-0.05, 0) is 58.6 Å². The van der Waals surface area contributed by atoms with E-state index in [9.17, 15) is 18.0 Å². The fraction of sp³-hybridized carbons (Fsp3) is 0.619. The highest BCUT2D eigenvalue weighted by atomic mass is 32.2. The van der Waals surface area contributed by atoms with E-state index in [-0.39, 0.29) is 34.7 Å². The molecule has 2 atom stereocenters. The molecule has 9 heteroatoms. The number of aryl methyl sites for hydroxylation is 1. The van der Waals surface area contributed by atoms with Gasteiger partial charge < -0.3 is 15.4 Å². The van der Waals surface area contributed by atoms with E-state index in [0.717, 1.165) is 0 Å². The predicted molar refractivity (Wildman–Crippen MR) is 114 cm³/mol. The third-order valence-corrected chi connectivity index (χ3v) is 7.35. The van der Waals surface area contributed by atoms with Gasteiger partial charge in [0.2, 0.25) is 15.9 Å². The highest BCUT2D eigenvalue weighted by molar-refractivity contribution is 7.89. The molecule has 166 valence electrons. The van der Waals surface area contributed by atoms with Crippen molar-refractivity contribution in [2.75, 3.05) is 18.4 Å². The number of sulfonamides is 1. The van der Waals surface area contributed by atoms with Crippen molar-refractivity contribution in [3.05, 3.63) is 17.7 Å². The van der Waals surface area contributed by atoms with Gasteiger partial charge >= 0.3 is 0 Å². The van der Waals surface area contributed by atoms with Gasteiger partial charge in [-0.3, -0.25) is 9.59 Å². The van der Waals surface area contributed by atoms with Crippen molar-refractivity contribution in [1.29, 1.82) is 0 Å². The Morgan fingerprint density at radius 1 is 1.33 bits per heavy atom. The maximum absolute atomic E-state index is 13.4. The van der Waals surface area contributed by atoms with Crippen LogP contribution < -0.4 is 15.4 Å². The van der Waals surface area contributed by atoms with E-state index < -0.39 is 16.1 Å². The largest absolute Gasteiger partial charge is 0.478 e. The molecule has 0 aliphatic carbocycles. The Labute approximate surface area is 178 Å². The van der Waals surface area contributed by atoms with E-state index in [2.05, 4.69) is 10.6 Å². The van der Waals surface area contributed by atoms with Gasteiger partial charge in [-0.15, -0.1) is 0 Å². The highest BCUT2D eigenvalue weighted by Gasteiger charge is 2.36. The van der Waals surface area contributed by atoms with Crippen LogP contribution in [0.1, 0.15) is 52.5 Å². The summed E-state index contributed by atoms with van der Waals surface area (Å²) in [5.74, 6) is -0.388. The van der Waals surface area contributed by atoms with E-state index in [1.807, 2.05) is 27.7 Å². The van der Waals surface area contributed by atoms with E-state index in [0.29, 0.717) is 42.8 Å². The van der Waals surface area contributed by atoms with Crippen LogP contribution in [0, 0.1) is 12.8 Å². The molecule has 2 amide bonds. The quantitative estimate of drug-likeness (QED) is 0.753. The highest BCUT2D eigenvalue weighted by Crippen LogP contribution is 2.36. The van der Waals surface area contributed by atoms with E-state index in [4.69, 9.17) is 4.74 Å². The second-order valence-corrected chi connectivity index (χ2v) is 11.0. The standard InChI is InChI=1S/C21H31N3O5S/c1-6-16-20(26)22-15-10-13(2)18(11-17(15)29-16)30(27,28)24-9-7-8-14(12-24)19(25)23-21(3,4)5/h10-11,14,16H,6-9,12H2,1-5H3,(H,22,26)(H,23,25)/t14-,16-/m1/s1. The first kappa shape index (κ1) is 22.6. The van der Waals surface area contributed by atoms with Crippen LogP contribution in [0.15, 0.2) is 17.0 Å². The van der Waals surface area contributed by atoms with E-state index in [1.165, 1.54) is 10.4 Å². The molecule has 0 saturated carbocycles. The zero-order valence-electron chi connectivity index (χ0n) is 18.2. The fourth-order valence-corrected chi connectivity index (χ4v) is 5.56. The van der Waals surface area contributed by atoms with Crippen molar-refractivity contribution < 1.29 is 22.7 Å². The van der Waals surface area contributed by atoms with Crippen molar-refractivity contribution in [2.45, 2.75) is 70.4 Å². The molecule has 0 bridgehead atoms. The molecule has 1 aromatic rings. The van der Waals surface area contributed by atoms with Crippen LogP contribution in [-0.2, 0) is 19.6 Å². The van der Waals surface area contributed by atoms with Crippen LogP contribution in [0.3, 0.4) is 0 Å². The molecule has 2 N–H and O–H groups in total. The lowest BCUT2D eigenvalue weighted by Crippen LogP contribution is -2.49. The predicted octanol–water partition coefficient (Wildman–Crippen LogP) is 2.42. The Morgan fingerprint density at radius 3 is 2.67 bits per heavy atom. The van der Waals surface area contributed by atoms with Gasteiger partial charge in [0.25, 0.3) is 5.91 Å². The second kappa shape index (κ2) is 8.19. The third-order valence-electron chi connectivity index (χ3n) is 5.34. The minimum atomic E-state index is -3.81. The van der Waals surface area contributed by atoms with Crippen LogP contribution in [0.4, 0.5) is 5.69 Å². The number of piperidine rings is 1. The summed E-state index contributed by atoms with van der Waals surface area (Å²) >= 11 is 0. The molecule has 2 aliphatic rings. The maximum Gasteiger partial charge on any atom is 0.265 e. The zero-order chi connectivity index (χ0) is 22.3. The van der Waals surface area contributed by atoms with Crippen LogP contribution in [0.2, 0.25) is 0 Å². The normalized spacial score (nSPS) is 22.6. The number of anilines is 1. The van der Waals surface area contributed by atoms with Gasteiger partial charge in [0.1, 0.15) is 5.75 Å². The summed E-state index contributed by atoms with van der Waals surface area (Å²) < 4.78 is 33.9. The Kier molecular flexibility index (Phi) is 6.15. The van der Waals surface area contributed by atoms with Gasteiger partial charge in [-0.25, -0.2) is 8.42 Å². The number of rotatable bonds is 4. The molecule has 2 aliphatic heterocycles. The minimum Gasteiger partial charge on any atom is -0.478 e. The molecular weight excluding hydrogens is 406 g/mol. The molecule has 0 aromatic heterocycles. The van der Waals surface area contributed by atoms with Gasteiger partial charge in [-0.1, -0.05) is 6.92 Å². The molecule has 1 saturated heterocycles. The summed E-state index contributed by atoms with van der Waals surface area (Å²) in [6.07, 6.45) is 1.12. The number of carbonyl (C=O) groups excluding carboxylic acids is 2. The average molecular weight is 438 g/mol. The Morgan fingerprint density at radius 2 is 2.03 bits per heavy atom. The molecule has 30 heavy (non-hydrogen) atoms. The lowest BCUT2D eigenvalue weighted by atomic mass is 9.97. The van der Waals surface area contributed by atoms with Crippen LogP contribution in [-0.4, -0.2) is 49.3 Å². The van der Waals surface area contributed by atoms with Crippen LogP contribution >= 0.6 is 0 Å². The summed E-state index contributed by atoms with van der Waals surface area (Å²) in [6.45, 7) is 9.75. The first-order valence-electron chi connectivity index (χ1n) is 10.4. The second-order valence-electron chi connectivity index (χ2n) is 9.06. The summed E-state index contributed by atoms with van der Waals surface area (Å²) in [6, 6.07) is 3.11.